The zero-order valence-electron chi connectivity index (χ0n) is 16.2. The molecule has 1 saturated heterocycles. The number of rotatable bonds is 4. The number of amides is 2. The molecule has 1 heterocycles. The summed E-state index contributed by atoms with van der Waals surface area (Å²) in [5, 5.41) is 3.03. The summed E-state index contributed by atoms with van der Waals surface area (Å²) >= 11 is 1.63. The second kappa shape index (κ2) is 8.39. The molecule has 0 bridgehead atoms. The second-order valence-electron chi connectivity index (χ2n) is 7.66. The first kappa shape index (κ1) is 19.1. The fourth-order valence-corrected chi connectivity index (χ4v) is 5.30. The molecule has 4 rings (SSSR count). The van der Waals surface area contributed by atoms with Gasteiger partial charge in [-0.25, -0.2) is 0 Å². The van der Waals surface area contributed by atoms with Gasteiger partial charge in [-0.05, 0) is 49.1 Å². The van der Waals surface area contributed by atoms with E-state index in [0.717, 1.165) is 48.2 Å². The third-order valence-corrected chi connectivity index (χ3v) is 6.87. The highest BCUT2D eigenvalue weighted by molar-refractivity contribution is 8.00. The molecule has 2 amide bonds. The van der Waals surface area contributed by atoms with Crippen LogP contribution in [-0.2, 0) is 9.59 Å². The number of carbonyl (C=O) groups is 2. The van der Waals surface area contributed by atoms with Crippen LogP contribution < -0.4 is 10.2 Å². The van der Waals surface area contributed by atoms with Gasteiger partial charge < -0.3 is 5.32 Å². The summed E-state index contributed by atoms with van der Waals surface area (Å²) in [7, 11) is 0. The predicted octanol–water partition coefficient (Wildman–Crippen LogP) is 5.29. The van der Waals surface area contributed by atoms with Crippen molar-refractivity contribution in [3.05, 3.63) is 59.7 Å². The molecular formula is C23H26N2O2S. The highest BCUT2D eigenvalue weighted by atomic mass is 32.2. The van der Waals surface area contributed by atoms with E-state index in [9.17, 15) is 9.59 Å². The highest BCUT2D eigenvalue weighted by Gasteiger charge is 2.34. The molecule has 1 unspecified atom stereocenters. The Morgan fingerprint density at radius 3 is 2.64 bits per heavy atom. The number of aryl methyl sites for hydroxylation is 1. The maximum absolute atomic E-state index is 12.6. The van der Waals surface area contributed by atoms with Crippen molar-refractivity contribution in [2.45, 2.75) is 44.4 Å². The second-order valence-corrected chi connectivity index (χ2v) is 8.73. The summed E-state index contributed by atoms with van der Waals surface area (Å²) in [5.41, 5.74) is 3.91. The van der Waals surface area contributed by atoms with Gasteiger partial charge in [-0.15, -0.1) is 11.8 Å². The maximum atomic E-state index is 12.6. The zero-order chi connectivity index (χ0) is 19.5. The van der Waals surface area contributed by atoms with Crippen molar-refractivity contribution < 1.29 is 9.59 Å². The van der Waals surface area contributed by atoms with E-state index in [1.807, 2.05) is 60.4 Å². The summed E-state index contributed by atoms with van der Waals surface area (Å²) in [4.78, 5) is 27.1. The quantitative estimate of drug-likeness (QED) is 0.766. The Morgan fingerprint density at radius 1 is 1.07 bits per heavy atom. The molecule has 2 aromatic rings. The van der Waals surface area contributed by atoms with Gasteiger partial charge in [-0.1, -0.05) is 49.6 Å². The van der Waals surface area contributed by atoms with Crippen LogP contribution in [0.3, 0.4) is 0 Å². The van der Waals surface area contributed by atoms with Gasteiger partial charge in [0.2, 0.25) is 11.8 Å². The Hall–Kier alpha value is -2.27. The lowest BCUT2D eigenvalue weighted by Gasteiger charge is -2.26. The number of hydrogen-bond acceptors (Lipinski definition) is 3. The first-order chi connectivity index (χ1) is 13.6. The zero-order valence-corrected chi connectivity index (χ0v) is 17.0. The number of nitrogens with one attached hydrogen (secondary N) is 1. The van der Waals surface area contributed by atoms with Gasteiger partial charge in [0.25, 0.3) is 0 Å². The van der Waals surface area contributed by atoms with Crippen molar-refractivity contribution in [2.24, 2.45) is 5.92 Å². The number of benzene rings is 2. The van der Waals surface area contributed by atoms with Crippen LogP contribution in [0, 0.1) is 12.8 Å². The standard InChI is InChI=1S/C23H26N2O2S/c1-16-8-5-6-13-20(16)25-21(26)15-28-23(25)18-11-7-12-19(14-18)24-22(27)17-9-3-2-4-10-17/h5-8,11-14,17,23H,2-4,9-10,15H2,1H3,(H,24,27). The van der Waals surface area contributed by atoms with Crippen molar-refractivity contribution in [1.82, 2.24) is 0 Å². The van der Waals surface area contributed by atoms with Gasteiger partial charge >= 0.3 is 0 Å². The molecule has 146 valence electrons. The van der Waals surface area contributed by atoms with Crippen LogP contribution in [0.15, 0.2) is 48.5 Å². The summed E-state index contributed by atoms with van der Waals surface area (Å²) in [6.07, 6.45) is 5.49. The summed E-state index contributed by atoms with van der Waals surface area (Å²) in [6, 6.07) is 15.9. The average Bonchev–Trinajstić information content (AvgIpc) is 3.10. The Morgan fingerprint density at radius 2 is 1.86 bits per heavy atom. The topological polar surface area (TPSA) is 49.4 Å². The summed E-state index contributed by atoms with van der Waals surface area (Å²) < 4.78 is 0. The number of para-hydroxylation sites is 1. The lowest BCUT2D eigenvalue weighted by Crippen LogP contribution is -2.28. The van der Waals surface area contributed by atoms with Gasteiger partial charge in [0.15, 0.2) is 0 Å². The molecule has 1 N–H and O–H groups in total. The van der Waals surface area contributed by atoms with Crippen LogP contribution in [0.25, 0.3) is 0 Å². The van der Waals surface area contributed by atoms with Crippen LogP contribution in [0.4, 0.5) is 11.4 Å². The molecule has 2 fully saturated rings. The van der Waals surface area contributed by atoms with Crippen LogP contribution >= 0.6 is 11.8 Å². The molecule has 0 radical (unpaired) electrons. The summed E-state index contributed by atoms with van der Waals surface area (Å²) in [5.74, 6) is 0.851. The molecule has 2 aromatic carbocycles. The largest absolute Gasteiger partial charge is 0.326 e. The molecule has 5 heteroatoms. The van der Waals surface area contributed by atoms with Crippen molar-refractivity contribution in [3.63, 3.8) is 0 Å². The van der Waals surface area contributed by atoms with E-state index in [-0.39, 0.29) is 23.1 Å². The van der Waals surface area contributed by atoms with E-state index in [1.54, 1.807) is 11.8 Å². The minimum absolute atomic E-state index is 0.0693. The minimum Gasteiger partial charge on any atom is -0.326 e. The van der Waals surface area contributed by atoms with E-state index < -0.39 is 0 Å². The van der Waals surface area contributed by atoms with Gasteiger partial charge in [0.1, 0.15) is 5.37 Å². The molecule has 0 spiro atoms. The average molecular weight is 395 g/mol. The van der Waals surface area contributed by atoms with Gasteiger partial charge in [-0.2, -0.15) is 0 Å². The lowest BCUT2D eigenvalue weighted by atomic mass is 9.88. The molecule has 0 aromatic heterocycles. The number of anilines is 2. The van der Waals surface area contributed by atoms with E-state index in [1.165, 1.54) is 6.42 Å². The molecule has 1 aliphatic heterocycles. The SMILES string of the molecule is Cc1ccccc1N1C(=O)CSC1c1cccc(NC(=O)C2CCCCC2)c1. The molecule has 28 heavy (non-hydrogen) atoms. The van der Waals surface area contributed by atoms with Gasteiger partial charge in [0, 0.05) is 17.3 Å². The van der Waals surface area contributed by atoms with Crippen LogP contribution in [0.1, 0.15) is 48.6 Å². The summed E-state index contributed by atoms with van der Waals surface area (Å²) in [6.45, 7) is 2.03. The van der Waals surface area contributed by atoms with Crippen LogP contribution in [0.5, 0.6) is 0 Å². The van der Waals surface area contributed by atoms with Crippen LogP contribution in [0.2, 0.25) is 0 Å². The predicted molar refractivity (Wildman–Crippen MR) is 116 cm³/mol. The fraction of sp³-hybridized carbons (Fsp3) is 0.391. The number of carbonyl (C=O) groups excluding carboxylic acids is 2. The van der Waals surface area contributed by atoms with E-state index in [0.29, 0.717) is 5.75 Å². The maximum Gasteiger partial charge on any atom is 0.238 e. The Balaban J connectivity index is 1.55. The molecule has 1 aliphatic carbocycles. The Labute approximate surface area is 170 Å². The third kappa shape index (κ3) is 3.95. The Kier molecular flexibility index (Phi) is 5.72. The van der Waals surface area contributed by atoms with Crippen LogP contribution in [-0.4, -0.2) is 17.6 Å². The smallest absolute Gasteiger partial charge is 0.238 e. The molecule has 4 nitrogen and oxygen atoms in total. The van der Waals surface area contributed by atoms with Gasteiger partial charge in [-0.3, -0.25) is 14.5 Å². The molecule has 1 atom stereocenters. The van der Waals surface area contributed by atoms with Crippen molar-refractivity contribution >= 4 is 35.0 Å². The van der Waals surface area contributed by atoms with Crippen molar-refractivity contribution in [3.8, 4) is 0 Å². The lowest BCUT2D eigenvalue weighted by molar-refractivity contribution is -0.120. The molecule has 1 saturated carbocycles. The van der Waals surface area contributed by atoms with E-state index >= 15 is 0 Å². The Bertz CT molecular complexity index is 876. The first-order valence-electron chi connectivity index (χ1n) is 10.0. The van der Waals surface area contributed by atoms with Crippen molar-refractivity contribution in [1.29, 1.82) is 0 Å². The van der Waals surface area contributed by atoms with E-state index in [2.05, 4.69) is 5.32 Å². The molecular weight excluding hydrogens is 368 g/mol. The minimum atomic E-state index is -0.0693. The van der Waals surface area contributed by atoms with E-state index in [4.69, 9.17) is 0 Å². The normalized spacial score (nSPS) is 20.4. The number of hydrogen-bond donors (Lipinski definition) is 1. The first-order valence-corrected chi connectivity index (χ1v) is 11.1. The number of nitrogens with zero attached hydrogens (tertiary/aromatic N) is 1. The monoisotopic (exact) mass is 394 g/mol. The van der Waals surface area contributed by atoms with Crippen molar-refractivity contribution in [2.75, 3.05) is 16.0 Å². The van der Waals surface area contributed by atoms with Gasteiger partial charge in [0.05, 0.1) is 5.75 Å². The highest BCUT2D eigenvalue weighted by Crippen LogP contribution is 2.43. The molecule has 2 aliphatic rings. The fourth-order valence-electron chi connectivity index (χ4n) is 4.14. The number of thioether (sulfide) groups is 1. The third-order valence-electron chi connectivity index (χ3n) is 5.66.